The van der Waals surface area contributed by atoms with Crippen molar-refractivity contribution in [2.45, 2.75) is 6.17 Å². The van der Waals surface area contributed by atoms with Crippen molar-refractivity contribution in [3.63, 3.8) is 0 Å². The average molecular weight is 149 g/mol. The zero-order valence-corrected chi connectivity index (χ0v) is 6.46. The summed E-state index contributed by atoms with van der Waals surface area (Å²) in [5.41, 5.74) is 1.38. The van der Waals surface area contributed by atoms with Crippen LogP contribution < -0.4 is 10.6 Å². The normalized spacial score (nSPS) is 23.8. The summed E-state index contributed by atoms with van der Waals surface area (Å²) in [5, 5.41) is 5.75. The van der Waals surface area contributed by atoms with Gasteiger partial charge in [-0.05, 0) is 0 Å². The standard InChI is InChI=1S/C9H12N2/c1-2-4-8(5-3-1)9-10-6-7-11-9/h1-5,9-11H,6-7H2/p+1. The number of benzene rings is 1. The van der Waals surface area contributed by atoms with E-state index in [0.717, 1.165) is 6.54 Å². The van der Waals surface area contributed by atoms with Gasteiger partial charge in [-0.2, -0.15) is 0 Å². The number of rotatable bonds is 1. The Morgan fingerprint density at radius 3 is 2.73 bits per heavy atom. The number of hydrogen-bond acceptors (Lipinski definition) is 1. The summed E-state index contributed by atoms with van der Waals surface area (Å²) in [6, 6.07) is 10.6. The van der Waals surface area contributed by atoms with Crippen LogP contribution in [0.3, 0.4) is 0 Å². The minimum atomic E-state index is 0.496. The zero-order valence-electron chi connectivity index (χ0n) is 6.46. The Morgan fingerprint density at radius 1 is 1.27 bits per heavy atom. The second-order valence-corrected chi connectivity index (χ2v) is 2.87. The molecule has 1 heterocycles. The molecule has 0 bridgehead atoms. The summed E-state index contributed by atoms with van der Waals surface area (Å²) in [7, 11) is 0. The number of nitrogens with two attached hydrogens (primary N) is 1. The van der Waals surface area contributed by atoms with Crippen molar-refractivity contribution in [1.29, 1.82) is 0 Å². The van der Waals surface area contributed by atoms with Crippen LogP contribution in [0.15, 0.2) is 30.3 Å². The summed E-state index contributed by atoms with van der Waals surface area (Å²) >= 11 is 0. The second kappa shape index (κ2) is 3.03. The van der Waals surface area contributed by atoms with Crippen LogP contribution in [0, 0.1) is 0 Å². The molecule has 2 rings (SSSR count). The van der Waals surface area contributed by atoms with Gasteiger partial charge < -0.3 is 5.32 Å². The van der Waals surface area contributed by atoms with E-state index in [1.807, 2.05) is 0 Å². The lowest BCUT2D eigenvalue weighted by Gasteiger charge is -2.06. The molecule has 1 aliphatic rings. The molecule has 11 heavy (non-hydrogen) atoms. The van der Waals surface area contributed by atoms with Crippen LogP contribution in [0.2, 0.25) is 0 Å². The lowest BCUT2D eigenvalue weighted by Crippen LogP contribution is -2.83. The Bertz CT molecular complexity index is 214. The van der Waals surface area contributed by atoms with E-state index in [1.54, 1.807) is 0 Å². The van der Waals surface area contributed by atoms with Crippen molar-refractivity contribution in [2.24, 2.45) is 0 Å². The molecule has 58 valence electrons. The van der Waals surface area contributed by atoms with Crippen molar-refractivity contribution >= 4 is 0 Å². The molecule has 1 aromatic carbocycles. The molecule has 2 nitrogen and oxygen atoms in total. The van der Waals surface area contributed by atoms with Gasteiger partial charge in [0.05, 0.1) is 13.1 Å². The van der Waals surface area contributed by atoms with Crippen molar-refractivity contribution in [3.8, 4) is 0 Å². The van der Waals surface area contributed by atoms with Gasteiger partial charge in [-0.25, -0.2) is 0 Å². The largest absolute Gasteiger partial charge is 0.326 e. The van der Waals surface area contributed by atoms with Crippen LogP contribution in [0.25, 0.3) is 0 Å². The quantitative estimate of drug-likeness (QED) is 0.571. The predicted molar refractivity (Wildman–Crippen MR) is 44.0 cm³/mol. The average Bonchev–Trinajstić information content (AvgIpc) is 2.58. The van der Waals surface area contributed by atoms with Crippen LogP contribution in [0.4, 0.5) is 0 Å². The van der Waals surface area contributed by atoms with Crippen molar-refractivity contribution in [3.05, 3.63) is 35.9 Å². The van der Waals surface area contributed by atoms with Crippen LogP contribution in [-0.2, 0) is 0 Å². The highest BCUT2D eigenvalue weighted by molar-refractivity contribution is 5.16. The first-order chi connectivity index (χ1) is 5.47. The monoisotopic (exact) mass is 149 g/mol. The Balaban J connectivity index is 2.16. The summed E-state index contributed by atoms with van der Waals surface area (Å²) in [6.45, 7) is 2.32. The molecule has 0 aromatic heterocycles. The number of hydrogen-bond donors (Lipinski definition) is 2. The molecule has 1 saturated heterocycles. The first-order valence-corrected chi connectivity index (χ1v) is 4.08. The second-order valence-electron chi connectivity index (χ2n) is 2.87. The topological polar surface area (TPSA) is 28.6 Å². The minimum absolute atomic E-state index is 0.496. The zero-order chi connectivity index (χ0) is 7.52. The molecule has 0 aliphatic carbocycles. The van der Waals surface area contributed by atoms with Gasteiger partial charge in [0.1, 0.15) is 0 Å². The number of quaternary nitrogens is 1. The number of nitrogens with one attached hydrogen (secondary N) is 1. The van der Waals surface area contributed by atoms with Crippen molar-refractivity contribution in [1.82, 2.24) is 5.32 Å². The third-order valence-electron chi connectivity index (χ3n) is 2.07. The van der Waals surface area contributed by atoms with Gasteiger partial charge in [0, 0.05) is 5.56 Å². The smallest absolute Gasteiger partial charge is 0.166 e. The van der Waals surface area contributed by atoms with E-state index in [0.29, 0.717) is 6.17 Å². The maximum atomic E-state index is 3.42. The fourth-order valence-corrected chi connectivity index (χ4v) is 1.49. The molecule has 1 fully saturated rings. The maximum Gasteiger partial charge on any atom is 0.166 e. The molecule has 0 spiro atoms. The molecule has 0 amide bonds. The summed E-state index contributed by atoms with van der Waals surface area (Å²) in [5.74, 6) is 0. The fraction of sp³-hybridized carbons (Fsp3) is 0.333. The molecule has 0 saturated carbocycles. The third kappa shape index (κ3) is 1.42. The Kier molecular flexibility index (Phi) is 1.88. The van der Waals surface area contributed by atoms with Gasteiger partial charge >= 0.3 is 0 Å². The Hall–Kier alpha value is -0.860. The Morgan fingerprint density at radius 2 is 2.09 bits per heavy atom. The van der Waals surface area contributed by atoms with E-state index in [4.69, 9.17) is 0 Å². The van der Waals surface area contributed by atoms with Gasteiger partial charge in [0.25, 0.3) is 0 Å². The molecule has 1 unspecified atom stereocenters. The molecule has 1 aliphatic heterocycles. The van der Waals surface area contributed by atoms with E-state index < -0.39 is 0 Å². The van der Waals surface area contributed by atoms with E-state index in [9.17, 15) is 0 Å². The molecule has 1 atom stereocenters. The predicted octanol–water partition coefficient (Wildman–Crippen LogP) is -0.148. The van der Waals surface area contributed by atoms with Crippen LogP contribution in [0.5, 0.6) is 0 Å². The molecular formula is C9H13N2+. The highest BCUT2D eigenvalue weighted by Gasteiger charge is 2.17. The van der Waals surface area contributed by atoms with Crippen LogP contribution in [0.1, 0.15) is 11.7 Å². The van der Waals surface area contributed by atoms with Crippen LogP contribution in [-0.4, -0.2) is 13.1 Å². The maximum absolute atomic E-state index is 3.42. The summed E-state index contributed by atoms with van der Waals surface area (Å²) in [6.07, 6.45) is 0.496. The Labute approximate surface area is 66.6 Å². The highest BCUT2D eigenvalue weighted by Crippen LogP contribution is 2.05. The van der Waals surface area contributed by atoms with E-state index >= 15 is 0 Å². The minimum Gasteiger partial charge on any atom is -0.326 e. The van der Waals surface area contributed by atoms with E-state index in [2.05, 4.69) is 41.0 Å². The first-order valence-electron chi connectivity index (χ1n) is 4.08. The fourth-order valence-electron chi connectivity index (χ4n) is 1.49. The molecular weight excluding hydrogens is 136 g/mol. The first kappa shape index (κ1) is 6.83. The van der Waals surface area contributed by atoms with Crippen LogP contribution >= 0.6 is 0 Å². The molecule has 1 aromatic rings. The van der Waals surface area contributed by atoms with Crippen molar-refractivity contribution in [2.75, 3.05) is 13.1 Å². The molecule has 3 N–H and O–H groups in total. The highest BCUT2D eigenvalue weighted by atomic mass is 15.2. The SMILES string of the molecule is c1ccc(C2NCC[NH2+]2)cc1. The van der Waals surface area contributed by atoms with Crippen molar-refractivity contribution < 1.29 is 5.32 Å². The summed E-state index contributed by atoms with van der Waals surface area (Å²) < 4.78 is 0. The van der Waals surface area contributed by atoms with E-state index in [1.165, 1.54) is 12.1 Å². The molecule has 0 radical (unpaired) electrons. The lowest BCUT2D eigenvalue weighted by molar-refractivity contribution is -0.678. The van der Waals surface area contributed by atoms with Gasteiger partial charge in [0.15, 0.2) is 6.17 Å². The van der Waals surface area contributed by atoms with Gasteiger partial charge in [0.2, 0.25) is 0 Å². The summed E-state index contributed by atoms with van der Waals surface area (Å²) in [4.78, 5) is 0. The lowest BCUT2D eigenvalue weighted by atomic mass is 10.2. The van der Waals surface area contributed by atoms with Gasteiger partial charge in [-0.1, -0.05) is 30.3 Å². The van der Waals surface area contributed by atoms with E-state index in [-0.39, 0.29) is 0 Å². The van der Waals surface area contributed by atoms with Gasteiger partial charge in [-0.3, -0.25) is 5.32 Å². The third-order valence-corrected chi connectivity index (χ3v) is 2.07. The molecule has 2 heteroatoms. The van der Waals surface area contributed by atoms with Gasteiger partial charge in [-0.15, -0.1) is 0 Å².